The summed E-state index contributed by atoms with van der Waals surface area (Å²) >= 11 is 0. The van der Waals surface area contributed by atoms with Crippen molar-refractivity contribution in [2.45, 2.75) is 66.0 Å². The van der Waals surface area contributed by atoms with Crippen molar-refractivity contribution >= 4 is 11.9 Å². The Morgan fingerprint density at radius 2 is 2.04 bits per heavy atom. The molecule has 1 heterocycles. The number of amides is 1. The molecule has 1 rings (SSSR count). The molecule has 0 aliphatic carbocycles. The van der Waals surface area contributed by atoms with Crippen LogP contribution in [0.25, 0.3) is 0 Å². The van der Waals surface area contributed by atoms with Gasteiger partial charge in [0.15, 0.2) is 0 Å². The Hall–Kier alpha value is -2.36. The maximum absolute atomic E-state index is 12.2. The predicted molar refractivity (Wildman–Crippen MR) is 93.7 cm³/mol. The number of esters is 1. The van der Waals surface area contributed by atoms with E-state index < -0.39 is 12.0 Å². The molecule has 0 spiro atoms. The molecule has 0 bridgehead atoms. The second-order valence-corrected chi connectivity index (χ2v) is 6.55. The van der Waals surface area contributed by atoms with Gasteiger partial charge >= 0.3 is 5.97 Å². The van der Waals surface area contributed by atoms with Crippen molar-refractivity contribution in [1.29, 1.82) is 5.26 Å². The molecule has 1 N–H and O–H groups in total. The van der Waals surface area contributed by atoms with E-state index >= 15 is 0 Å². The number of methoxy groups -OCH3 is 1. The van der Waals surface area contributed by atoms with Crippen LogP contribution in [0, 0.1) is 31.1 Å². The minimum Gasteiger partial charge on any atom is -0.467 e. The molecule has 1 amide bonds. The standard InChI is InChI=1S/C18H28N4O3/c1-12(2)11-16(18(24)25-5)20-17(23)8-7-15-13(3)21-22(14(15)4)10-6-9-19/h12,16H,6-8,10-11H2,1-5H3,(H,20,23). The Balaban J connectivity index is 2.68. The molecule has 0 fully saturated rings. The molecule has 1 aromatic rings. The van der Waals surface area contributed by atoms with Crippen molar-refractivity contribution in [2.75, 3.05) is 7.11 Å². The first kappa shape index (κ1) is 20.7. The zero-order valence-electron chi connectivity index (χ0n) is 15.8. The Labute approximate surface area is 149 Å². The van der Waals surface area contributed by atoms with Crippen LogP contribution in [0.5, 0.6) is 0 Å². The van der Waals surface area contributed by atoms with Gasteiger partial charge in [-0.2, -0.15) is 10.4 Å². The lowest BCUT2D eigenvalue weighted by Crippen LogP contribution is -2.42. The van der Waals surface area contributed by atoms with Gasteiger partial charge in [0.1, 0.15) is 6.04 Å². The number of nitrogens with one attached hydrogen (secondary N) is 1. The highest BCUT2D eigenvalue weighted by atomic mass is 16.5. The van der Waals surface area contributed by atoms with Crippen LogP contribution in [0.4, 0.5) is 0 Å². The summed E-state index contributed by atoms with van der Waals surface area (Å²) in [5.74, 6) is -0.328. The molecule has 1 aromatic heterocycles. The first-order valence-corrected chi connectivity index (χ1v) is 8.57. The van der Waals surface area contributed by atoms with Gasteiger partial charge in [-0.05, 0) is 38.2 Å². The molecule has 7 nitrogen and oxygen atoms in total. The lowest BCUT2D eigenvalue weighted by molar-refractivity contribution is -0.145. The normalized spacial score (nSPS) is 11.9. The summed E-state index contributed by atoms with van der Waals surface area (Å²) in [5, 5.41) is 15.9. The number of ether oxygens (including phenoxy) is 1. The van der Waals surface area contributed by atoms with Crippen LogP contribution in [-0.4, -0.2) is 34.8 Å². The van der Waals surface area contributed by atoms with Crippen LogP contribution in [0.15, 0.2) is 0 Å². The molecule has 1 unspecified atom stereocenters. The summed E-state index contributed by atoms with van der Waals surface area (Å²) in [5.41, 5.74) is 2.87. The Morgan fingerprint density at radius 3 is 2.60 bits per heavy atom. The number of rotatable bonds is 9. The molecule has 1 atom stereocenters. The predicted octanol–water partition coefficient (Wildman–Crippen LogP) is 2.05. The van der Waals surface area contributed by atoms with Crippen LogP contribution >= 0.6 is 0 Å². The fraction of sp³-hybridized carbons (Fsp3) is 0.667. The van der Waals surface area contributed by atoms with Gasteiger partial charge in [-0.3, -0.25) is 9.48 Å². The molecular formula is C18H28N4O3. The van der Waals surface area contributed by atoms with Crippen LogP contribution in [0.3, 0.4) is 0 Å². The van der Waals surface area contributed by atoms with Crippen LogP contribution in [0.1, 0.15) is 50.1 Å². The van der Waals surface area contributed by atoms with Gasteiger partial charge in [-0.15, -0.1) is 0 Å². The minimum atomic E-state index is -0.613. The quantitative estimate of drug-likeness (QED) is 0.689. The van der Waals surface area contributed by atoms with E-state index in [-0.39, 0.29) is 18.2 Å². The van der Waals surface area contributed by atoms with E-state index in [0.29, 0.717) is 25.8 Å². The minimum absolute atomic E-state index is 0.181. The lowest BCUT2D eigenvalue weighted by Gasteiger charge is -2.18. The summed E-state index contributed by atoms with van der Waals surface area (Å²) in [6.07, 6.45) is 1.77. The molecule has 7 heteroatoms. The summed E-state index contributed by atoms with van der Waals surface area (Å²) in [4.78, 5) is 24.0. The summed E-state index contributed by atoms with van der Waals surface area (Å²) in [7, 11) is 1.32. The van der Waals surface area contributed by atoms with Gasteiger partial charge < -0.3 is 10.1 Å². The average Bonchev–Trinajstić information content (AvgIpc) is 2.82. The van der Waals surface area contributed by atoms with Crippen molar-refractivity contribution in [3.8, 4) is 6.07 Å². The van der Waals surface area contributed by atoms with E-state index in [9.17, 15) is 9.59 Å². The monoisotopic (exact) mass is 348 g/mol. The highest BCUT2D eigenvalue weighted by Gasteiger charge is 2.23. The number of carbonyl (C=O) groups excluding carboxylic acids is 2. The zero-order chi connectivity index (χ0) is 19.0. The maximum Gasteiger partial charge on any atom is 0.328 e. The molecule has 25 heavy (non-hydrogen) atoms. The highest BCUT2D eigenvalue weighted by Crippen LogP contribution is 2.16. The third-order valence-electron chi connectivity index (χ3n) is 4.10. The van der Waals surface area contributed by atoms with E-state index in [2.05, 4.69) is 16.5 Å². The molecule has 0 aliphatic rings. The van der Waals surface area contributed by atoms with Gasteiger partial charge in [0.05, 0.1) is 31.8 Å². The van der Waals surface area contributed by atoms with E-state index in [4.69, 9.17) is 10.00 Å². The SMILES string of the molecule is COC(=O)C(CC(C)C)NC(=O)CCc1c(C)nn(CCC#N)c1C. The van der Waals surface area contributed by atoms with E-state index in [0.717, 1.165) is 17.0 Å². The number of nitriles is 1. The second-order valence-electron chi connectivity index (χ2n) is 6.55. The molecule has 138 valence electrons. The largest absolute Gasteiger partial charge is 0.467 e. The number of nitrogens with zero attached hydrogens (tertiary/aromatic N) is 3. The van der Waals surface area contributed by atoms with Gasteiger partial charge in [0.25, 0.3) is 0 Å². The van der Waals surface area contributed by atoms with Crippen LogP contribution in [-0.2, 0) is 27.3 Å². The first-order valence-electron chi connectivity index (χ1n) is 8.57. The number of hydrogen-bond donors (Lipinski definition) is 1. The Bertz CT molecular complexity index is 643. The smallest absolute Gasteiger partial charge is 0.328 e. The van der Waals surface area contributed by atoms with Gasteiger partial charge in [0.2, 0.25) is 5.91 Å². The average molecular weight is 348 g/mol. The van der Waals surface area contributed by atoms with Gasteiger partial charge in [-0.25, -0.2) is 4.79 Å². The molecule has 0 saturated heterocycles. The fourth-order valence-electron chi connectivity index (χ4n) is 2.80. The topological polar surface area (TPSA) is 97.0 Å². The van der Waals surface area contributed by atoms with Crippen LogP contribution in [0.2, 0.25) is 0 Å². The third kappa shape index (κ3) is 6.22. The van der Waals surface area contributed by atoms with E-state index in [1.54, 1.807) is 0 Å². The Kier molecular flexibility index (Phi) is 8.12. The number of aromatic nitrogens is 2. The van der Waals surface area contributed by atoms with E-state index in [1.807, 2.05) is 32.4 Å². The molecule has 0 radical (unpaired) electrons. The maximum atomic E-state index is 12.2. The number of hydrogen-bond acceptors (Lipinski definition) is 5. The van der Waals surface area contributed by atoms with Gasteiger partial charge in [0, 0.05) is 12.1 Å². The zero-order valence-corrected chi connectivity index (χ0v) is 15.8. The van der Waals surface area contributed by atoms with Crippen molar-refractivity contribution in [1.82, 2.24) is 15.1 Å². The van der Waals surface area contributed by atoms with Gasteiger partial charge in [-0.1, -0.05) is 13.8 Å². The van der Waals surface area contributed by atoms with Crippen molar-refractivity contribution in [3.05, 3.63) is 17.0 Å². The fourth-order valence-corrected chi connectivity index (χ4v) is 2.80. The van der Waals surface area contributed by atoms with Crippen molar-refractivity contribution < 1.29 is 14.3 Å². The lowest BCUT2D eigenvalue weighted by atomic mass is 10.0. The molecule has 0 saturated carbocycles. The van der Waals surface area contributed by atoms with E-state index in [1.165, 1.54) is 7.11 Å². The second kappa shape index (κ2) is 9.82. The van der Waals surface area contributed by atoms with Crippen molar-refractivity contribution in [3.63, 3.8) is 0 Å². The summed E-state index contributed by atoms with van der Waals surface area (Å²) in [6, 6.07) is 1.49. The Morgan fingerprint density at radius 1 is 1.36 bits per heavy atom. The summed E-state index contributed by atoms with van der Waals surface area (Å²) in [6.45, 7) is 8.38. The highest BCUT2D eigenvalue weighted by molar-refractivity contribution is 5.84. The summed E-state index contributed by atoms with van der Waals surface area (Å²) < 4.78 is 6.57. The first-order chi connectivity index (χ1) is 11.8. The molecule has 0 aromatic carbocycles. The third-order valence-corrected chi connectivity index (χ3v) is 4.10. The van der Waals surface area contributed by atoms with Crippen molar-refractivity contribution in [2.24, 2.45) is 5.92 Å². The molecular weight excluding hydrogens is 320 g/mol. The molecule has 0 aliphatic heterocycles. The number of carbonyl (C=O) groups is 2. The number of aryl methyl sites for hydroxylation is 2. The van der Waals surface area contributed by atoms with Crippen LogP contribution < -0.4 is 5.32 Å².